The molecule has 0 saturated carbocycles. The van der Waals surface area contributed by atoms with E-state index in [2.05, 4.69) is 0 Å². The van der Waals surface area contributed by atoms with Crippen molar-refractivity contribution in [1.82, 2.24) is 4.90 Å². The molecule has 1 fully saturated rings. The first-order valence-corrected chi connectivity index (χ1v) is 7.92. The standard InChI is InChI=1S/C17H25NO5/c1-18(9-11-23-15-8-3-4-10-22-15)16(17(20)21-2)13-6-5-7-14(19)12-13/h5-7,12,15-16,19H,3-4,8-11H2,1-2H3. The highest BCUT2D eigenvalue weighted by atomic mass is 16.7. The Hall–Kier alpha value is -1.63. The summed E-state index contributed by atoms with van der Waals surface area (Å²) in [6.45, 7) is 1.76. The van der Waals surface area contributed by atoms with E-state index in [1.165, 1.54) is 7.11 Å². The number of phenolic OH excluding ortho intramolecular Hbond substituents is 1. The predicted molar refractivity (Wildman–Crippen MR) is 85.0 cm³/mol. The molecule has 1 aromatic carbocycles. The molecule has 1 aliphatic heterocycles. The maximum Gasteiger partial charge on any atom is 0.327 e. The molecule has 0 aliphatic carbocycles. The number of carbonyl (C=O) groups excluding carboxylic acids is 1. The molecule has 0 radical (unpaired) electrons. The van der Waals surface area contributed by atoms with Crippen LogP contribution in [0.4, 0.5) is 0 Å². The summed E-state index contributed by atoms with van der Waals surface area (Å²) in [6, 6.07) is 6.07. The van der Waals surface area contributed by atoms with Gasteiger partial charge < -0.3 is 19.3 Å². The molecule has 0 bridgehead atoms. The molecule has 1 saturated heterocycles. The Bertz CT molecular complexity index is 502. The average Bonchev–Trinajstić information content (AvgIpc) is 2.56. The number of phenols is 1. The summed E-state index contributed by atoms with van der Waals surface area (Å²) in [6.07, 6.45) is 2.97. The Morgan fingerprint density at radius 2 is 2.30 bits per heavy atom. The zero-order valence-electron chi connectivity index (χ0n) is 13.7. The summed E-state index contributed by atoms with van der Waals surface area (Å²) < 4.78 is 16.1. The zero-order chi connectivity index (χ0) is 16.7. The average molecular weight is 323 g/mol. The van der Waals surface area contributed by atoms with Gasteiger partial charge in [-0.1, -0.05) is 12.1 Å². The maximum atomic E-state index is 12.1. The fourth-order valence-electron chi connectivity index (χ4n) is 2.68. The fraction of sp³-hybridized carbons (Fsp3) is 0.588. The number of ether oxygens (including phenoxy) is 3. The van der Waals surface area contributed by atoms with Crippen LogP contribution in [0.2, 0.25) is 0 Å². The van der Waals surface area contributed by atoms with Crippen LogP contribution in [0.1, 0.15) is 30.9 Å². The second-order valence-corrected chi connectivity index (χ2v) is 5.67. The van der Waals surface area contributed by atoms with Gasteiger partial charge in [0.25, 0.3) is 0 Å². The smallest absolute Gasteiger partial charge is 0.327 e. The first-order chi connectivity index (χ1) is 11.1. The molecule has 2 unspecified atom stereocenters. The van der Waals surface area contributed by atoms with Crippen LogP contribution >= 0.6 is 0 Å². The molecular formula is C17H25NO5. The summed E-state index contributed by atoms with van der Waals surface area (Å²) in [5.74, 6) is -0.247. The van der Waals surface area contributed by atoms with Crippen LogP contribution in [-0.4, -0.2) is 56.2 Å². The van der Waals surface area contributed by atoms with Gasteiger partial charge in [0.15, 0.2) is 6.29 Å². The fourth-order valence-corrected chi connectivity index (χ4v) is 2.68. The Labute approximate surface area is 136 Å². The third-order valence-electron chi connectivity index (χ3n) is 3.94. The van der Waals surface area contributed by atoms with Crippen LogP contribution in [0.3, 0.4) is 0 Å². The number of benzene rings is 1. The molecule has 1 N–H and O–H groups in total. The van der Waals surface area contributed by atoms with Gasteiger partial charge in [0.1, 0.15) is 11.8 Å². The van der Waals surface area contributed by atoms with Gasteiger partial charge in [-0.05, 0) is 44.0 Å². The highest BCUT2D eigenvalue weighted by Crippen LogP contribution is 2.24. The molecular weight excluding hydrogens is 298 g/mol. The van der Waals surface area contributed by atoms with Gasteiger partial charge in [0, 0.05) is 13.2 Å². The van der Waals surface area contributed by atoms with Crippen molar-refractivity contribution in [2.75, 3.05) is 33.9 Å². The molecule has 2 rings (SSSR count). The summed E-state index contributed by atoms with van der Waals surface area (Å²) in [5.41, 5.74) is 0.688. The van der Waals surface area contributed by atoms with E-state index in [1.54, 1.807) is 24.3 Å². The lowest BCUT2D eigenvalue weighted by atomic mass is 10.1. The van der Waals surface area contributed by atoms with Crippen LogP contribution in [0.5, 0.6) is 5.75 Å². The second kappa shape index (κ2) is 8.86. The molecule has 2 atom stereocenters. The van der Waals surface area contributed by atoms with Gasteiger partial charge in [-0.3, -0.25) is 4.90 Å². The van der Waals surface area contributed by atoms with Gasteiger partial charge in [0.2, 0.25) is 0 Å². The van der Waals surface area contributed by atoms with Crippen LogP contribution in [0.25, 0.3) is 0 Å². The van der Waals surface area contributed by atoms with Crippen molar-refractivity contribution in [2.24, 2.45) is 0 Å². The molecule has 6 heteroatoms. The van der Waals surface area contributed by atoms with Gasteiger partial charge >= 0.3 is 5.97 Å². The van der Waals surface area contributed by atoms with Crippen molar-refractivity contribution in [2.45, 2.75) is 31.6 Å². The largest absolute Gasteiger partial charge is 0.508 e. The minimum atomic E-state index is -0.581. The number of esters is 1. The van der Waals surface area contributed by atoms with Crippen molar-refractivity contribution < 1.29 is 24.1 Å². The van der Waals surface area contributed by atoms with E-state index < -0.39 is 6.04 Å². The molecule has 0 aromatic heterocycles. The van der Waals surface area contributed by atoms with Crippen molar-refractivity contribution in [3.05, 3.63) is 29.8 Å². The number of methoxy groups -OCH3 is 1. The van der Waals surface area contributed by atoms with Gasteiger partial charge in [-0.2, -0.15) is 0 Å². The summed E-state index contributed by atoms with van der Waals surface area (Å²) in [5, 5.41) is 9.63. The first-order valence-electron chi connectivity index (χ1n) is 7.92. The molecule has 6 nitrogen and oxygen atoms in total. The van der Waals surface area contributed by atoms with E-state index in [0.717, 1.165) is 25.9 Å². The van der Waals surface area contributed by atoms with Crippen LogP contribution in [0.15, 0.2) is 24.3 Å². The monoisotopic (exact) mass is 323 g/mol. The SMILES string of the molecule is COC(=O)C(c1cccc(O)c1)N(C)CCOC1CCCCO1. The van der Waals surface area contributed by atoms with E-state index in [4.69, 9.17) is 14.2 Å². The van der Waals surface area contributed by atoms with Gasteiger partial charge in [-0.25, -0.2) is 4.79 Å². The van der Waals surface area contributed by atoms with Gasteiger partial charge in [-0.15, -0.1) is 0 Å². The number of aromatic hydroxyl groups is 1. The summed E-state index contributed by atoms with van der Waals surface area (Å²) in [4.78, 5) is 14.0. The minimum Gasteiger partial charge on any atom is -0.508 e. The topological polar surface area (TPSA) is 68.2 Å². The van der Waals surface area contributed by atoms with E-state index in [1.807, 2.05) is 11.9 Å². The number of likely N-dealkylation sites (N-methyl/N-ethyl adjacent to an activating group) is 1. The highest BCUT2D eigenvalue weighted by Gasteiger charge is 2.26. The maximum absolute atomic E-state index is 12.1. The van der Waals surface area contributed by atoms with Crippen molar-refractivity contribution in [3.63, 3.8) is 0 Å². The lowest BCUT2D eigenvalue weighted by Gasteiger charge is -2.28. The third kappa shape index (κ3) is 5.20. The van der Waals surface area contributed by atoms with Crippen LogP contribution in [-0.2, 0) is 19.0 Å². The molecule has 23 heavy (non-hydrogen) atoms. The van der Waals surface area contributed by atoms with Gasteiger partial charge in [0.05, 0.1) is 13.7 Å². The number of hydrogen-bond donors (Lipinski definition) is 1. The number of hydrogen-bond acceptors (Lipinski definition) is 6. The molecule has 128 valence electrons. The lowest BCUT2D eigenvalue weighted by Crippen LogP contribution is -2.35. The van der Waals surface area contributed by atoms with E-state index in [9.17, 15) is 9.90 Å². The molecule has 1 aromatic rings. The number of carbonyl (C=O) groups is 1. The molecule has 1 aliphatic rings. The van der Waals surface area contributed by atoms with E-state index in [0.29, 0.717) is 18.7 Å². The highest BCUT2D eigenvalue weighted by molar-refractivity contribution is 5.77. The minimum absolute atomic E-state index is 0.122. The number of rotatable bonds is 7. The predicted octanol–water partition coefficient (Wildman–Crippen LogP) is 2.08. The molecule has 1 heterocycles. The Kier molecular flexibility index (Phi) is 6.83. The van der Waals surface area contributed by atoms with E-state index in [-0.39, 0.29) is 18.0 Å². The number of nitrogens with zero attached hydrogens (tertiary/aromatic N) is 1. The lowest BCUT2D eigenvalue weighted by molar-refractivity contribution is -0.166. The first kappa shape index (κ1) is 17.7. The Morgan fingerprint density at radius 3 is 2.96 bits per heavy atom. The second-order valence-electron chi connectivity index (χ2n) is 5.67. The van der Waals surface area contributed by atoms with Crippen molar-refractivity contribution in [3.8, 4) is 5.75 Å². The Morgan fingerprint density at radius 1 is 1.48 bits per heavy atom. The Balaban J connectivity index is 1.93. The zero-order valence-corrected chi connectivity index (χ0v) is 13.7. The third-order valence-corrected chi connectivity index (χ3v) is 3.94. The molecule has 0 spiro atoms. The van der Waals surface area contributed by atoms with Crippen LogP contribution < -0.4 is 0 Å². The van der Waals surface area contributed by atoms with Crippen molar-refractivity contribution >= 4 is 5.97 Å². The van der Waals surface area contributed by atoms with Crippen molar-refractivity contribution in [1.29, 1.82) is 0 Å². The molecule has 0 amide bonds. The summed E-state index contributed by atoms with van der Waals surface area (Å²) in [7, 11) is 3.19. The quantitative estimate of drug-likeness (QED) is 0.775. The normalized spacial score (nSPS) is 19.5. The van der Waals surface area contributed by atoms with E-state index >= 15 is 0 Å². The summed E-state index contributed by atoms with van der Waals surface area (Å²) >= 11 is 0. The van der Waals surface area contributed by atoms with Crippen LogP contribution in [0, 0.1) is 0 Å².